The van der Waals surface area contributed by atoms with Gasteiger partial charge in [-0.05, 0) is 43.5 Å². The van der Waals surface area contributed by atoms with Crippen LogP contribution in [0.5, 0.6) is 0 Å². The van der Waals surface area contributed by atoms with Gasteiger partial charge in [0, 0.05) is 7.26 Å². The number of H-pyrrole nitrogens is 1. The predicted octanol–water partition coefficient (Wildman–Crippen LogP) is 4.28. The van der Waals surface area contributed by atoms with Gasteiger partial charge in [-0.1, -0.05) is 64.3 Å². The third-order valence-electron chi connectivity index (χ3n) is 5.88. The first-order valence-electron chi connectivity index (χ1n) is 11.1. The Bertz CT molecular complexity index is 819. The third kappa shape index (κ3) is 5.70. The third-order valence-corrected chi connectivity index (χ3v) is 10.8. The topological polar surface area (TPSA) is 28.7 Å². The second-order valence-electron chi connectivity index (χ2n) is 8.00. The number of imidazole rings is 1. The number of nitrogens with one attached hydrogen (secondary N) is 1. The number of hydrogen-bond acceptors (Lipinski definition) is 1. The number of aromatic nitrogens is 2. The molecule has 2 aromatic carbocycles. The molecule has 158 valence electrons. The van der Waals surface area contributed by atoms with Crippen molar-refractivity contribution in [3.63, 3.8) is 0 Å². The highest BCUT2D eigenvalue weighted by atomic mass is 79.9. The molecule has 0 aliphatic rings. The van der Waals surface area contributed by atoms with Crippen LogP contribution in [0.15, 0.2) is 48.5 Å². The number of benzene rings is 2. The van der Waals surface area contributed by atoms with Gasteiger partial charge in [-0.2, -0.15) is 0 Å². The van der Waals surface area contributed by atoms with Crippen LogP contribution in [0.2, 0.25) is 0 Å². The highest BCUT2D eigenvalue weighted by Gasteiger charge is 2.40. The molecule has 0 amide bonds. The molecule has 0 spiro atoms. The molecule has 0 aliphatic heterocycles. The summed E-state index contributed by atoms with van der Waals surface area (Å²) in [6.45, 7) is 7.00. The van der Waals surface area contributed by atoms with Crippen molar-refractivity contribution in [1.82, 2.24) is 9.97 Å². The summed E-state index contributed by atoms with van der Waals surface area (Å²) in [4.78, 5) is 8.56. The van der Waals surface area contributed by atoms with E-state index in [1.54, 1.807) is 5.30 Å². The Balaban J connectivity index is 0.00000300. The fraction of sp³-hybridized carbons (Fsp3) is 0.480. The van der Waals surface area contributed by atoms with Gasteiger partial charge in [-0.15, -0.1) is 0 Å². The molecule has 3 rings (SSSR count). The molecule has 1 heterocycles. The molecule has 2 nitrogen and oxygen atoms in total. The van der Waals surface area contributed by atoms with Crippen molar-refractivity contribution in [2.45, 2.75) is 59.3 Å². The van der Waals surface area contributed by atoms with Gasteiger partial charge in [0.1, 0.15) is 11.1 Å². The maximum atomic E-state index is 4.96. The Morgan fingerprint density at radius 2 is 1.31 bits per heavy atom. The fourth-order valence-electron chi connectivity index (χ4n) is 4.25. The van der Waals surface area contributed by atoms with Gasteiger partial charge >= 0.3 is 0 Å². The monoisotopic (exact) mass is 474 g/mol. The van der Waals surface area contributed by atoms with Gasteiger partial charge in [-0.3, -0.25) is 0 Å². The molecule has 0 unspecified atom stereocenters. The first-order chi connectivity index (χ1) is 13.7. The summed E-state index contributed by atoms with van der Waals surface area (Å²) < 4.78 is 0. The van der Waals surface area contributed by atoms with Gasteiger partial charge in [0.25, 0.3) is 0 Å². The summed E-state index contributed by atoms with van der Waals surface area (Å²) in [5.41, 5.74) is 3.54. The summed E-state index contributed by atoms with van der Waals surface area (Å²) >= 11 is 0. The van der Waals surface area contributed by atoms with Crippen molar-refractivity contribution in [2.24, 2.45) is 0 Å². The second kappa shape index (κ2) is 11.9. The fourth-order valence-corrected chi connectivity index (χ4v) is 9.50. The van der Waals surface area contributed by atoms with E-state index in [2.05, 4.69) is 74.3 Å². The maximum Gasteiger partial charge on any atom is 0.142 e. The molecule has 29 heavy (non-hydrogen) atoms. The second-order valence-corrected chi connectivity index (χ2v) is 12.1. The molecule has 0 radical (unpaired) electrons. The number of para-hydroxylation sites is 2. The number of nitrogens with zero attached hydrogens (tertiary/aromatic N) is 1. The molecular weight excluding hydrogens is 439 g/mol. The van der Waals surface area contributed by atoms with Crippen LogP contribution in [-0.4, -0.2) is 28.5 Å². The van der Waals surface area contributed by atoms with Crippen LogP contribution in [0.4, 0.5) is 0 Å². The van der Waals surface area contributed by atoms with Gasteiger partial charge < -0.3 is 22.0 Å². The zero-order valence-corrected chi connectivity index (χ0v) is 20.7. The molecule has 1 N–H and O–H groups in total. The van der Waals surface area contributed by atoms with E-state index in [1.807, 2.05) is 0 Å². The van der Waals surface area contributed by atoms with Crippen LogP contribution in [-0.2, 0) is 0 Å². The van der Waals surface area contributed by atoms with Crippen molar-refractivity contribution in [2.75, 3.05) is 18.5 Å². The van der Waals surface area contributed by atoms with Crippen LogP contribution < -0.4 is 22.3 Å². The molecule has 0 saturated carbocycles. The summed E-state index contributed by atoms with van der Waals surface area (Å²) in [6, 6.07) is 17.5. The SMILES string of the molecule is CCCC[P+](CCCC)(CCCC)c1ccccc1-c1nc2ccccc2[nH]1.[Br-]. The zero-order chi connectivity index (χ0) is 19.8. The molecule has 0 fully saturated rings. The smallest absolute Gasteiger partial charge is 0.142 e. The lowest BCUT2D eigenvalue weighted by Gasteiger charge is -2.29. The Morgan fingerprint density at radius 1 is 0.759 bits per heavy atom. The minimum absolute atomic E-state index is 0. The Hall–Kier alpha value is -1.18. The number of fused-ring (bicyclic) bond motifs is 1. The standard InChI is InChI=1S/C25H36N2P.BrH/c1-4-7-18-28(19-8-5-2,20-9-6-3)24-17-13-10-14-21(24)25-26-22-15-11-12-16-23(22)27-25;/h10-17H,4-9,18-20H2,1-3H3,(H,26,27);1H/q+1;/p-1. The summed E-state index contributed by atoms with van der Waals surface area (Å²) in [6.07, 6.45) is 12.1. The minimum atomic E-state index is -1.20. The Kier molecular flexibility index (Phi) is 9.86. The van der Waals surface area contributed by atoms with E-state index in [1.165, 1.54) is 62.6 Å². The van der Waals surface area contributed by atoms with Crippen molar-refractivity contribution in [1.29, 1.82) is 0 Å². The van der Waals surface area contributed by atoms with Crippen molar-refractivity contribution in [3.8, 4) is 11.4 Å². The lowest BCUT2D eigenvalue weighted by Crippen LogP contribution is -3.00. The van der Waals surface area contributed by atoms with Gasteiger partial charge in [-0.25, -0.2) is 4.98 Å². The summed E-state index contributed by atoms with van der Waals surface area (Å²) in [5, 5.41) is 1.62. The van der Waals surface area contributed by atoms with Crippen molar-refractivity contribution < 1.29 is 17.0 Å². The highest BCUT2D eigenvalue weighted by molar-refractivity contribution is 7.83. The molecule has 1 aromatic heterocycles. The highest BCUT2D eigenvalue weighted by Crippen LogP contribution is 2.61. The average molecular weight is 475 g/mol. The Morgan fingerprint density at radius 3 is 1.90 bits per heavy atom. The van der Waals surface area contributed by atoms with Crippen LogP contribution in [0.1, 0.15) is 59.3 Å². The lowest BCUT2D eigenvalue weighted by atomic mass is 10.2. The molecule has 4 heteroatoms. The van der Waals surface area contributed by atoms with Crippen LogP contribution in [0.25, 0.3) is 22.4 Å². The van der Waals surface area contributed by atoms with E-state index in [9.17, 15) is 0 Å². The predicted molar refractivity (Wildman–Crippen MR) is 127 cm³/mol. The van der Waals surface area contributed by atoms with Crippen LogP contribution in [0.3, 0.4) is 0 Å². The number of rotatable bonds is 11. The van der Waals surface area contributed by atoms with E-state index < -0.39 is 7.26 Å². The lowest BCUT2D eigenvalue weighted by molar-refractivity contribution is -0.00000603. The molecule has 0 aliphatic carbocycles. The number of halogens is 1. The molecule has 0 saturated heterocycles. The molecule has 3 aromatic rings. The number of unbranched alkanes of at least 4 members (excludes halogenated alkanes) is 3. The zero-order valence-electron chi connectivity index (χ0n) is 18.3. The first-order valence-corrected chi connectivity index (χ1v) is 13.5. The van der Waals surface area contributed by atoms with E-state index >= 15 is 0 Å². The van der Waals surface area contributed by atoms with E-state index in [-0.39, 0.29) is 17.0 Å². The number of hydrogen-bond donors (Lipinski definition) is 1. The Labute approximate surface area is 188 Å². The van der Waals surface area contributed by atoms with Crippen LogP contribution >= 0.6 is 7.26 Å². The van der Waals surface area contributed by atoms with E-state index in [4.69, 9.17) is 4.98 Å². The summed E-state index contributed by atoms with van der Waals surface area (Å²) in [7, 11) is -1.20. The molecule has 0 atom stereocenters. The van der Waals surface area contributed by atoms with E-state index in [0.29, 0.717) is 0 Å². The van der Waals surface area contributed by atoms with E-state index in [0.717, 1.165) is 16.9 Å². The minimum Gasteiger partial charge on any atom is -1.00 e. The maximum absolute atomic E-state index is 4.96. The quantitative estimate of drug-likeness (QED) is 0.412. The average Bonchev–Trinajstić information content (AvgIpc) is 3.18. The molecule has 0 bridgehead atoms. The number of aromatic amines is 1. The summed E-state index contributed by atoms with van der Waals surface area (Å²) in [5.74, 6) is 1.05. The van der Waals surface area contributed by atoms with Gasteiger partial charge in [0.15, 0.2) is 0 Å². The largest absolute Gasteiger partial charge is 1.00 e. The normalized spacial score (nSPS) is 11.6. The van der Waals surface area contributed by atoms with Gasteiger partial charge in [0.05, 0.1) is 35.1 Å². The van der Waals surface area contributed by atoms with Crippen LogP contribution in [0, 0.1) is 0 Å². The molecular formula is C25H36BrN2P. The first kappa shape index (κ1) is 24.1. The van der Waals surface area contributed by atoms with Gasteiger partial charge in [0.2, 0.25) is 0 Å². The van der Waals surface area contributed by atoms with Crippen molar-refractivity contribution in [3.05, 3.63) is 48.5 Å². The van der Waals surface area contributed by atoms with Crippen molar-refractivity contribution >= 4 is 23.6 Å².